The molecule has 0 atom stereocenters. The number of nitrogens with zero attached hydrogens (tertiary/aromatic N) is 4. The number of rotatable bonds is 5. The maximum absolute atomic E-state index is 10.9. The number of hydrogen-bond donors (Lipinski definition) is 1. The Kier molecular flexibility index (Phi) is 4.09. The summed E-state index contributed by atoms with van der Waals surface area (Å²) in [5.41, 5.74) is 0.717. The van der Waals surface area contributed by atoms with E-state index < -0.39 is 5.97 Å². The van der Waals surface area contributed by atoms with Gasteiger partial charge in [-0.05, 0) is 0 Å². The molecule has 0 aromatic carbocycles. The first-order valence-electron chi connectivity index (χ1n) is 6.15. The van der Waals surface area contributed by atoms with Crippen LogP contribution in [0.2, 0.25) is 0 Å². The van der Waals surface area contributed by atoms with Crippen molar-refractivity contribution < 1.29 is 14.6 Å². The minimum Gasteiger partial charge on any atom is -0.476 e. The quantitative estimate of drug-likeness (QED) is 0.892. The molecule has 7 heteroatoms. The standard InChI is InChI=1S/C13H16N4O3/c1-8(2)12-15-9(6-20-3)4-11(16-12)17-5-10(13(18)19)14-7-17/h4-5,7-8H,6H2,1-3H3,(H,18,19). The second-order valence-corrected chi connectivity index (χ2v) is 4.63. The van der Waals surface area contributed by atoms with E-state index in [1.165, 1.54) is 12.5 Å². The van der Waals surface area contributed by atoms with Crippen LogP contribution in [-0.2, 0) is 11.3 Å². The Bertz CT molecular complexity index is 622. The van der Waals surface area contributed by atoms with Crippen LogP contribution in [0.25, 0.3) is 5.82 Å². The molecule has 106 valence electrons. The summed E-state index contributed by atoms with van der Waals surface area (Å²) in [6, 6.07) is 1.75. The molecule has 2 heterocycles. The predicted molar refractivity (Wildman–Crippen MR) is 70.9 cm³/mol. The highest BCUT2D eigenvalue weighted by atomic mass is 16.5. The van der Waals surface area contributed by atoms with Crippen molar-refractivity contribution >= 4 is 5.97 Å². The zero-order valence-electron chi connectivity index (χ0n) is 11.6. The largest absolute Gasteiger partial charge is 0.476 e. The van der Waals surface area contributed by atoms with Crippen molar-refractivity contribution in [3.05, 3.63) is 35.8 Å². The highest BCUT2D eigenvalue weighted by Gasteiger charge is 2.12. The van der Waals surface area contributed by atoms with Gasteiger partial charge in [-0.1, -0.05) is 13.8 Å². The molecule has 0 aliphatic rings. The fraction of sp³-hybridized carbons (Fsp3) is 0.385. The lowest BCUT2D eigenvalue weighted by Crippen LogP contribution is -2.07. The fourth-order valence-corrected chi connectivity index (χ4v) is 1.67. The minimum absolute atomic E-state index is 0.0250. The number of carboxylic acid groups (broad SMARTS) is 1. The van der Waals surface area contributed by atoms with Gasteiger partial charge in [0.1, 0.15) is 18.0 Å². The van der Waals surface area contributed by atoms with E-state index in [1.54, 1.807) is 17.7 Å². The Morgan fingerprint density at radius 2 is 2.20 bits per heavy atom. The number of aromatic nitrogens is 4. The summed E-state index contributed by atoms with van der Waals surface area (Å²) in [4.78, 5) is 23.5. The highest BCUT2D eigenvalue weighted by molar-refractivity contribution is 5.85. The van der Waals surface area contributed by atoms with E-state index in [-0.39, 0.29) is 11.6 Å². The normalized spacial score (nSPS) is 11.0. The van der Waals surface area contributed by atoms with Gasteiger partial charge in [-0.15, -0.1) is 0 Å². The second-order valence-electron chi connectivity index (χ2n) is 4.63. The van der Waals surface area contributed by atoms with Crippen LogP contribution in [0.5, 0.6) is 0 Å². The summed E-state index contributed by atoms with van der Waals surface area (Å²) in [6.07, 6.45) is 2.85. The molecule has 2 aromatic heterocycles. The van der Waals surface area contributed by atoms with E-state index in [0.29, 0.717) is 18.2 Å². The number of methoxy groups -OCH3 is 1. The zero-order chi connectivity index (χ0) is 14.7. The highest BCUT2D eigenvalue weighted by Crippen LogP contribution is 2.15. The van der Waals surface area contributed by atoms with Gasteiger partial charge < -0.3 is 9.84 Å². The summed E-state index contributed by atoms with van der Waals surface area (Å²) in [5, 5.41) is 8.90. The summed E-state index contributed by atoms with van der Waals surface area (Å²) in [6.45, 7) is 4.36. The molecule has 0 unspecified atom stereocenters. The molecule has 0 bridgehead atoms. The molecule has 0 aliphatic heterocycles. The smallest absolute Gasteiger partial charge is 0.356 e. The molecule has 2 aromatic rings. The van der Waals surface area contributed by atoms with E-state index in [2.05, 4.69) is 15.0 Å². The van der Waals surface area contributed by atoms with Crippen LogP contribution in [0.4, 0.5) is 0 Å². The number of carboxylic acids is 1. The van der Waals surface area contributed by atoms with Crippen molar-refractivity contribution in [3.8, 4) is 5.82 Å². The lowest BCUT2D eigenvalue weighted by atomic mass is 10.2. The van der Waals surface area contributed by atoms with Crippen molar-refractivity contribution in [1.29, 1.82) is 0 Å². The first kappa shape index (κ1) is 14.1. The molecule has 2 rings (SSSR count). The Morgan fingerprint density at radius 1 is 1.45 bits per heavy atom. The van der Waals surface area contributed by atoms with Gasteiger partial charge in [0.15, 0.2) is 5.69 Å². The molecule has 0 spiro atoms. The van der Waals surface area contributed by atoms with Gasteiger partial charge in [0.2, 0.25) is 0 Å². The van der Waals surface area contributed by atoms with E-state index in [4.69, 9.17) is 9.84 Å². The van der Waals surface area contributed by atoms with Crippen LogP contribution < -0.4 is 0 Å². The third-order valence-electron chi connectivity index (χ3n) is 2.66. The SMILES string of the molecule is COCc1cc(-n2cnc(C(=O)O)c2)nc(C(C)C)n1. The van der Waals surface area contributed by atoms with Gasteiger partial charge in [0.05, 0.1) is 12.3 Å². The van der Waals surface area contributed by atoms with Gasteiger partial charge in [-0.25, -0.2) is 19.7 Å². The van der Waals surface area contributed by atoms with E-state index >= 15 is 0 Å². The summed E-state index contributed by atoms with van der Waals surface area (Å²) in [7, 11) is 1.59. The van der Waals surface area contributed by atoms with E-state index in [9.17, 15) is 4.79 Å². The molecule has 0 amide bonds. The number of hydrogen-bond acceptors (Lipinski definition) is 5. The zero-order valence-corrected chi connectivity index (χ0v) is 11.6. The molecule has 20 heavy (non-hydrogen) atoms. The average Bonchev–Trinajstić information content (AvgIpc) is 2.88. The summed E-state index contributed by atoms with van der Waals surface area (Å²) in [5.74, 6) is 0.350. The van der Waals surface area contributed by atoms with Crippen LogP contribution in [0, 0.1) is 0 Å². The van der Waals surface area contributed by atoms with Crippen molar-refractivity contribution in [3.63, 3.8) is 0 Å². The molecule has 0 radical (unpaired) electrons. The first-order chi connectivity index (χ1) is 9.51. The predicted octanol–water partition coefficient (Wildman–Crippen LogP) is 1.63. The van der Waals surface area contributed by atoms with Gasteiger partial charge in [0.25, 0.3) is 0 Å². The minimum atomic E-state index is -1.07. The number of aromatic carboxylic acids is 1. The first-order valence-corrected chi connectivity index (χ1v) is 6.15. The lowest BCUT2D eigenvalue weighted by molar-refractivity contribution is 0.0691. The van der Waals surface area contributed by atoms with Gasteiger partial charge in [-0.2, -0.15) is 0 Å². The van der Waals surface area contributed by atoms with Crippen molar-refractivity contribution in [2.75, 3.05) is 7.11 Å². The Labute approximate surface area is 116 Å². The van der Waals surface area contributed by atoms with Gasteiger partial charge >= 0.3 is 5.97 Å². The van der Waals surface area contributed by atoms with Gasteiger partial charge in [-0.3, -0.25) is 4.57 Å². The second kappa shape index (κ2) is 5.79. The third kappa shape index (κ3) is 3.00. The molecule has 0 saturated heterocycles. The number of imidazole rings is 1. The lowest BCUT2D eigenvalue weighted by Gasteiger charge is -2.10. The Morgan fingerprint density at radius 3 is 2.75 bits per heavy atom. The Balaban J connectivity index is 2.45. The summed E-state index contributed by atoms with van der Waals surface area (Å²) >= 11 is 0. The van der Waals surface area contributed by atoms with Crippen molar-refractivity contribution in [1.82, 2.24) is 19.5 Å². The van der Waals surface area contributed by atoms with Crippen LogP contribution in [0.15, 0.2) is 18.6 Å². The van der Waals surface area contributed by atoms with Crippen molar-refractivity contribution in [2.45, 2.75) is 26.4 Å². The van der Waals surface area contributed by atoms with Crippen molar-refractivity contribution in [2.24, 2.45) is 0 Å². The van der Waals surface area contributed by atoms with Crippen LogP contribution in [-0.4, -0.2) is 37.7 Å². The van der Waals surface area contributed by atoms with E-state index in [1.807, 2.05) is 13.8 Å². The molecule has 0 fully saturated rings. The molecule has 0 aliphatic carbocycles. The number of carbonyl (C=O) groups is 1. The molecular formula is C13H16N4O3. The maximum Gasteiger partial charge on any atom is 0.356 e. The molecule has 7 nitrogen and oxygen atoms in total. The molecule has 0 saturated carbocycles. The average molecular weight is 276 g/mol. The van der Waals surface area contributed by atoms with E-state index in [0.717, 1.165) is 5.69 Å². The van der Waals surface area contributed by atoms with Crippen LogP contribution in [0.1, 0.15) is 41.8 Å². The third-order valence-corrected chi connectivity index (χ3v) is 2.66. The number of ether oxygens (including phenoxy) is 1. The van der Waals surface area contributed by atoms with Crippen LogP contribution in [0.3, 0.4) is 0 Å². The summed E-state index contributed by atoms with van der Waals surface area (Å²) < 4.78 is 6.65. The van der Waals surface area contributed by atoms with Gasteiger partial charge in [0, 0.05) is 25.3 Å². The Hall–Kier alpha value is -2.28. The topological polar surface area (TPSA) is 90.1 Å². The fourth-order valence-electron chi connectivity index (χ4n) is 1.67. The monoisotopic (exact) mass is 276 g/mol. The molecular weight excluding hydrogens is 260 g/mol. The van der Waals surface area contributed by atoms with Crippen LogP contribution >= 0.6 is 0 Å². The maximum atomic E-state index is 10.9. The molecule has 1 N–H and O–H groups in total.